The van der Waals surface area contributed by atoms with E-state index >= 15 is 0 Å². The average molecular weight is 588 g/mol. The van der Waals surface area contributed by atoms with Gasteiger partial charge in [0.1, 0.15) is 10.7 Å². The summed E-state index contributed by atoms with van der Waals surface area (Å²) in [6.45, 7) is 11.0. The third-order valence-electron chi connectivity index (χ3n) is 7.34. The number of benzene rings is 1. The molecule has 41 heavy (non-hydrogen) atoms. The number of nitrogens with zero attached hydrogens (tertiary/aromatic N) is 2. The summed E-state index contributed by atoms with van der Waals surface area (Å²) in [5.41, 5.74) is 1.23. The van der Waals surface area contributed by atoms with E-state index in [2.05, 4.69) is 10.3 Å². The molecule has 0 saturated heterocycles. The maximum absolute atomic E-state index is 13.3. The number of rotatable bonds is 15. The lowest BCUT2D eigenvalue weighted by Gasteiger charge is -2.34. The van der Waals surface area contributed by atoms with Crippen LogP contribution in [0.15, 0.2) is 35.7 Å². The summed E-state index contributed by atoms with van der Waals surface area (Å²) >= 11 is 1.24. The van der Waals surface area contributed by atoms with Crippen LogP contribution < -0.4 is 5.32 Å². The normalized spacial score (nSPS) is 14.9. The van der Waals surface area contributed by atoms with E-state index in [0.29, 0.717) is 24.3 Å². The zero-order valence-electron chi connectivity index (χ0n) is 25.5. The number of methoxy groups -OCH3 is 1. The van der Waals surface area contributed by atoms with Crippen molar-refractivity contribution in [2.24, 2.45) is 17.8 Å². The fourth-order valence-electron chi connectivity index (χ4n) is 4.80. The van der Waals surface area contributed by atoms with Gasteiger partial charge in [0.25, 0.3) is 5.91 Å². The van der Waals surface area contributed by atoms with E-state index in [-0.39, 0.29) is 47.4 Å². The topological polar surface area (TPSA) is 115 Å². The van der Waals surface area contributed by atoms with E-state index in [4.69, 9.17) is 9.47 Å². The van der Waals surface area contributed by atoms with Gasteiger partial charge in [-0.05, 0) is 30.7 Å². The van der Waals surface area contributed by atoms with Crippen LogP contribution in [0.1, 0.15) is 88.0 Å². The maximum atomic E-state index is 13.3. The predicted octanol–water partition coefficient (Wildman–Crippen LogP) is 5.21. The molecule has 10 heteroatoms. The molecule has 0 aliphatic rings. The Morgan fingerprint density at radius 2 is 1.68 bits per heavy atom. The molecule has 0 saturated carbocycles. The first-order chi connectivity index (χ1) is 19.4. The molecule has 1 aromatic carbocycles. The summed E-state index contributed by atoms with van der Waals surface area (Å²) < 4.78 is 10.6. The Kier molecular flexibility index (Phi) is 13.4. The summed E-state index contributed by atoms with van der Waals surface area (Å²) in [6.07, 6.45) is 1.31. The fraction of sp³-hybridized carbons (Fsp3) is 0.581. The van der Waals surface area contributed by atoms with Crippen LogP contribution in [0.3, 0.4) is 0 Å². The van der Waals surface area contributed by atoms with Gasteiger partial charge in [0.05, 0.1) is 13.0 Å². The average Bonchev–Trinajstić information content (AvgIpc) is 3.44. The van der Waals surface area contributed by atoms with Crippen molar-refractivity contribution >= 4 is 35.1 Å². The number of carbonyl (C=O) groups is 4. The highest BCUT2D eigenvalue weighted by molar-refractivity contribution is 7.09. The Morgan fingerprint density at radius 3 is 2.24 bits per heavy atom. The fourth-order valence-corrected chi connectivity index (χ4v) is 5.64. The highest BCUT2D eigenvalue weighted by Crippen LogP contribution is 2.31. The van der Waals surface area contributed by atoms with Gasteiger partial charge in [-0.15, -0.1) is 11.3 Å². The molecule has 9 nitrogen and oxygen atoms in total. The van der Waals surface area contributed by atoms with E-state index in [1.807, 2.05) is 58.0 Å². The summed E-state index contributed by atoms with van der Waals surface area (Å²) in [4.78, 5) is 56.7. The van der Waals surface area contributed by atoms with Crippen molar-refractivity contribution in [2.75, 3.05) is 14.2 Å². The molecule has 0 aliphatic heterocycles. The second-order valence-electron chi connectivity index (χ2n) is 11.0. The van der Waals surface area contributed by atoms with Crippen LogP contribution in [-0.4, -0.2) is 59.9 Å². The molecule has 2 amide bonds. The van der Waals surface area contributed by atoms with Crippen LogP contribution >= 0.6 is 11.3 Å². The first kappa shape index (κ1) is 33.9. The molecule has 226 valence electrons. The Bertz CT molecular complexity index is 1150. The predicted molar refractivity (Wildman–Crippen MR) is 159 cm³/mol. The van der Waals surface area contributed by atoms with Crippen molar-refractivity contribution < 1.29 is 28.7 Å². The Labute approximate surface area is 248 Å². The number of carbonyl (C=O) groups excluding carboxylic acids is 4. The molecular formula is C31H45N3O6S. The summed E-state index contributed by atoms with van der Waals surface area (Å²) in [6, 6.07) is 9.19. The molecule has 0 fully saturated rings. The van der Waals surface area contributed by atoms with Gasteiger partial charge in [0.2, 0.25) is 5.91 Å². The third-order valence-corrected chi connectivity index (χ3v) is 8.28. The van der Waals surface area contributed by atoms with E-state index in [9.17, 15) is 19.2 Å². The molecule has 1 N–H and O–H groups in total. The standard InChI is InChI=1S/C31H45N3O6S/c1-9-20(4)30(37)34(7)26(19(2)3)17-27(40-22(6)35)29-33-25(18-41-29)28(36)32-24(15-21(5)31(38)39-8)16-23-13-11-10-12-14-23/h10-14,18-21,24,26-27H,9,15-17H2,1-8H3,(H,32,36)/t20-,21-,24+,26+,27+/m0/s1. The SMILES string of the molecule is CC[C@H](C)C(=O)N(C)[C@H](C[C@@H](OC(C)=O)c1nc(C(=O)N[C@@H](Cc2ccccc2)C[C@H](C)C(=O)OC)cs1)C(C)C. The second-order valence-corrected chi connectivity index (χ2v) is 11.9. The van der Waals surface area contributed by atoms with Crippen molar-refractivity contribution in [3.8, 4) is 0 Å². The van der Waals surface area contributed by atoms with Crippen LogP contribution in [-0.2, 0) is 30.3 Å². The van der Waals surface area contributed by atoms with E-state index < -0.39 is 18.0 Å². The highest BCUT2D eigenvalue weighted by atomic mass is 32.1. The minimum Gasteiger partial charge on any atom is -0.469 e. The van der Waals surface area contributed by atoms with E-state index in [1.54, 1.807) is 24.3 Å². The van der Waals surface area contributed by atoms with Crippen LogP contribution in [0, 0.1) is 17.8 Å². The molecular weight excluding hydrogens is 542 g/mol. The highest BCUT2D eigenvalue weighted by Gasteiger charge is 2.32. The summed E-state index contributed by atoms with van der Waals surface area (Å²) in [5, 5.41) is 5.16. The van der Waals surface area contributed by atoms with Gasteiger partial charge in [0.15, 0.2) is 6.10 Å². The number of nitrogens with one attached hydrogen (secondary N) is 1. The molecule has 0 bridgehead atoms. The largest absolute Gasteiger partial charge is 0.469 e. The number of aromatic nitrogens is 1. The van der Waals surface area contributed by atoms with Crippen molar-refractivity contribution in [1.82, 2.24) is 15.2 Å². The van der Waals surface area contributed by atoms with Crippen molar-refractivity contribution in [1.29, 1.82) is 0 Å². The molecule has 0 spiro atoms. The van der Waals surface area contributed by atoms with E-state index in [1.165, 1.54) is 25.4 Å². The van der Waals surface area contributed by atoms with Gasteiger partial charge in [-0.25, -0.2) is 4.98 Å². The lowest BCUT2D eigenvalue weighted by Crippen LogP contribution is -2.44. The molecule has 2 rings (SSSR count). The Balaban J connectivity index is 2.26. The Morgan fingerprint density at radius 1 is 1.02 bits per heavy atom. The Hall–Kier alpha value is -3.27. The molecule has 0 aliphatic carbocycles. The molecule has 0 unspecified atom stereocenters. The van der Waals surface area contributed by atoms with Gasteiger partial charge in [-0.1, -0.05) is 65.0 Å². The lowest BCUT2D eigenvalue weighted by atomic mass is 9.95. The number of thiazole rings is 1. The molecule has 2 aromatic rings. The van der Waals surface area contributed by atoms with Gasteiger partial charge in [-0.2, -0.15) is 0 Å². The van der Waals surface area contributed by atoms with Crippen LogP contribution in [0.25, 0.3) is 0 Å². The number of hydrogen-bond donors (Lipinski definition) is 1. The first-order valence-electron chi connectivity index (χ1n) is 14.2. The molecule has 5 atom stereocenters. The minimum absolute atomic E-state index is 0.0395. The minimum atomic E-state index is -0.710. The van der Waals surface area contributed by atoms with Crippen LogP contribution in [0.2, 0.25) is 0 Å². The second kappa shape index (κ2) is 16.2. The first-order valence-corrected chi connectivity index (χ1v) is 15.1. The van der Waals surface area contributed by atoms with E-state index in [0.717, 1.165) is 12.0 Å². The number of esters is 2. The van der Waals surface area contributed by atoms with Gasteiger partial charge >= 0.3 is 11.9 Å². The van der Waals surface area contributed by atoms with Gasteiger partial charge < -0.3 is 19.7 Å². The summed E-state index contributed by atoms with van der Waals surface area (Å²) in [5.74, 6) is -1.56. The van der Waals surface area contributed by atoms with Crippen molar-refractivity contribution in [2.45, 2.75) is 85.4 Å². The number of amides is 2. The number of hydrogen-bond acceptors (Lipinski definition) is 8. The van der Waals surface area contributed by atoms with Crippen molar-refractivity contribution in [3.63, 3.8) is 0 Å². The smallest absolute Gasteiger partial charge is 0.308 e. The number of ether oxygens (including phenoxy) is 2. The molecule has 1 aromatic heterocycles. The zero-order valence-corrected chi connectivity index (χ0v) is 26.3. The molecule has 0 radical (unpaired) electrons. The third kappa shape index (κ3) is 10.3. The van der Waals surface area contributed by atoms with Gasteiger partial charge in [-0.3, -0.25) is 19.2 Å². The zero-order chi connectivity index (χ0) is 30.7. The molecule has 1 heterocycles. The monoisotopic (exact) mass is 587 g/mol. The maximum Gasteiger partial charge on any atom is 0.308 e. The summed E-state index contributed by atoms with van der Waals surface area (Å²) in [7, 11) is 3.13. The van der Waals surface area contributed by atoms with Gasteiger partial charge in [0, 0.05) is 43.8 Å². The quantitative estimate of drug-likeness (QED) is 0.285. The lowest BCUT2D eigenvalue weighted by molar-refractivity contribution is -0.149. The van der Waals surface area contributed by atoms with Crippen LogP contribution in [0.4, 0.5) is 0 Å². The van der Waals surface area contributed by atoms with Crippen molar-refractivity contribution in [3.05, 3.63) is 52.0 Å². The van der Waals surface area contributed by atoms with Crippen LogP contribution in [0.5, 0.6) is 0 Å².